The van der Waals surface area contributed by atoms with Gasteiger partial charge in [0.25, 0.3) is 17.2 Å². The Morgan fingerprint density at radius 1 is 0.878 bits per heavy atom. The molecule has 0 bridgehead atoms. The monoisotopic (exact) mass is 582 g/mol. The molecule has 0 fully saturated rings. The van der Waals surface area contributed by atoms with Crippen molar-refractivity contribution in [2.75, 3.05) is 0 Å². The number of hydrogen-bond acceptors (Lipinski definition) is 5. The number of nitrogens with one attached hydrogen (secondary N) is 2. The zero-order chi connectivity index (χ0) is 28.7. The molecule has 2 heterocycles. The van der Waals surface area contributed by atoms with Crippen LogP contribution >= 0.6 is 23.2 Å². The van der Waals surface area contributed by atoms with E-state index in [-0.39, 0.29) is 27.4 Å². The fourth-order valence-corrected chi connectivity index (χ4v) is 5.43. The predicted octanol–water partition coefficient (Wildman–Crippen LogP) is 7.15. The largest absolute Gasteiger partial charge is 0.321 e. The highest BCUT2D eigenvalue weighted by Gasteiger charge is 2.35. The summed E-state index contributed by atoms with van der Waals surface area (Å²) in [7, 11) is 0. The first kappa shape index (κ1) is 26.3. The number of amides is 1. The molecule has 4 aromatic carbocycles. The van der Waals surface area contributed by atoms with Crippen LogP contribution in [-0.2, 0) is 0 Å². The molecule has 1 atom stereocenters. The van der Waals surface area contributed by atoms with Crippen LogP contribution in [-0.4, -0.2) is 20.8 Å². The lowest BCUT2D eigenvalue weighted by molar-refractivity contribution is -0.384. The van der Waals surface area contributed by atoms with E-state index < -0.39 is 16.9 Å². The van der Waals surface area contributed by atoms with E-state index in [2.05, 4.69) is 10.4 Å². The van der Waals surface area contributed by atoms with Crippen molar-refractivity contribution < 1.29 is 9.72 Å². The maximum Gasteiger partial charge on any atom is 0.274 e. The van der Waals surface area contributed by atoms with Crippen LogP contribution in [0.15, 0.2) is 108 Å². The fourth-order valence-electron chi connectivity index (χ4n) is 5.04. The zero-order valence-electron chi connectivity index (χ0n) is 21.2. The van der Waals surface area contributed by atoms with Gasteiger partial charge >= 0.3 is 0 Å². The van der Waals surface area contributed by atoms with Gasteiger partial charge in [0.05, 0.1) is 32.8 Å². The fraction of sp³-hybridized carbons (Fsp3) is 0.0323. The molecule has 8 nitrogen and oxygen atoms in total. The average molecular weight is 583 g/mol. The lowest BCUT2D eigenvalue weighted by Crippen LogP contribution is -2.40. The van der Waals surface area contributed by atoms with Crippen molar-refractivity contribution in [3.05, 3.63) is 150 Å². The Bertz CT molecular complexity index is 1940. The summed E-state index contributed by atoms with van der Waals surface area (Å²) < 4.78 is 0. The van der Waals surface area contributed by atoms with E-state index in [1.807, 2.05) is 30.3 Å². The molecule has 0 saturated carbocycles. The standard InChI is InChI=1S/C31H20Cl2N4O4/c32-20-13-14-25-23(16-20)28(18-7-2-1-3-8-18)29(30(38)34-25)26-17-27(19-9-6-10-21(15-19)37(40)41)36(35-26)31(39)22-11-4-5-12-24(22)33/h1-17,27,35H,(H,34,38)/t27-/m1/s1. The maximum absolute atomic E-state index is 13.9. The van der Waals surface area contributed by atoms with Gasteiger partial charge in [0.15, 0.2) is 0 Å². The highest BCUT2D eigenvalue weighted by Crippen LogP contribution is 2.39. The third-order valence-corrected chi connectivity index (χ3v) is 7.46. The third-order valence-electron chi connectivity index (χ3n) is 6.90. The first-order valence-corrected chi connectivity index (χ1v) is 13.3. The minimum absolute atomic E-state index is 0.127. The molecule has 202 valence electrons. The quantitative estimate of drug-likeness (QED) is 0.169. The molecule has 5 aromatic rings. The van der Waals surface area contributed by atoms with Gasteiger partial charge in [-0.15, -0.1) is 0 Å². The second-order valence-electron chi connectivity index (χ2n) is 9.40. The van der Waals surface area contributed by atoms with Crippen LogP contribution in [0.2, 0.25) is 10.0 Å². The number of carbonyl (C=O) groups is 1. The van der Waals surface area contributed by atoms with E-state index in [1.54, 1.807) is 60.7 Å². The number of halogens is 2. The summed E-state index contributed by atoms with van der Waals surface area (Å²) >= 11 is 12.8. The Balaban J connectivity index is 1.58. The number of aromatic nitrogens is 1. The number of nitro benzene ring substituents is 1. The van der Waals surface area contributed by atoms with E-state index in [9.17, 15) is 19.7 Å². The lowest BCUT2D eigenvalue weighted by atomic mass is 9.94. The summed E-state index contributed by atoms with van der Waals surface area (Å²) in [5, 5.41) is 14.3. The van der Waals surface area contributed by atoms with Gasteiger partial charge < -0.3 is 4.98 Å². The van der Waals surface area contributed by atoms with Crippen LogP contribution in [0.5, 0.6) is 0 Å². The van der Waals surface area contributed by atoms with Crippen LogP contribution in [0.4, 0.5) is 5.69 Å². The van der Waals surface area contributed by atoms with Crippen LogP contribution in [0.1, 0.15) is 27.5 Å². The Morgan fingerprint density at radius 2 is 1.63 bits per heavy atom. The van der Waals surface area contributed by atoms with Crippen molar-refractivity contribution >= 4 is 51.4 Å². The zero-order valence-corrected chi connectivity index (χ0v) is 22.7. The summed E-state index contributed by atoms with van der Waals surface area (Å²) in [4.78, 5) is 41.5. The second-order valence-corrected chi connectivity index (χ2v) is 10.2. The summed E-state index contributed by atoms with van der Waals surface area (Å²) in [5.41, 5.74) is 5.94. The van der Waals surface area contributed by atoms with Crippen LogP contribution in [0, 0.1) is 10.1 Å². The molecular weight excluding hydrogens is 563 g/mol. The summed E-state index contributed by atoms with van der Waals surface area (Å²) in [6.07, 6.45) is 1.71. The van der Waals surface area contributed by atoms with Crippen LogP contribution in [0.3, 0.4) is 0 Å². The smallest absolute Gasteiger partial charge is 0.274 e. The SMILES string of the molecule is O=C(c1ccccc1Cl)N1NC(c2c(-c3ccccc3)c3cc(Cl)ccc3[nH]c2=O)=C[C@@H]1c1cccc([N+](=O)[O-])c1. The van der Waals surface area contributed by atoms with Crippen molar-refractivity contribution in [1.82, 2.24) is 15.4 Å². The van der Waals surface area contributed by atoms with Crippen molar-refractivity contribution in [1.29, 1.82) is 0 Å². The first-order valence-electron chi connectivity index (χ1n) is 12.5. The first-order chi connectivity index (χ1) is 19.8. The molecule has 41 heavy (non-hydrogen) atoms. The van der Waals surface area contributed by atoms with Crippen molar-refractivity contribution in [2.24, 2.45) is 0 Å². The summed E-state index contributed by atoms with van der Waals surface area (Å²) in [6.45, 7) is 0. The highest BCUT2D eigenvalue weighted by molar-refractivity contribution is 6.34. The van der Waals surface area contributed by atoms with Crippen LogP contribution < -0.4 is 11.0 Å². The number of pyridine rings is 1. The van der Waals surface area contributed by atoms with Gasteiger partial charge in [0.2, 0.25) is 0 Å². The molecule has 1 amide bonds. The van der Waals surface area contributed by atoms with Crippen molar-refractivity contribution in [2.45, 2.75) is 6.04 Å². The minimum Gasteiger partial charge on any atom is -0.321 e. The maximum atomic E-state index is 13.9. The van der Waals surface area contributed by atoms with Gasteiger partial charge in [-0.25, -0.2) is 5.01 Å². The van der Waals surface area contributed by atoms with Crippen molar-refractivity contribution in [3.63, 3.8) is 0 Å². The molecule has 1 aliphatic heterocycles. The lowest BCUT2D eigenvalue weighted by Gasteiger charge is -2.26. The van der Waals surface area contributed by atoms with Crippen LogP contribution in [0.25, 0.3) is 27.7 Å². The molecule has 0 spiro atoms. The average Bonchev–Trinajstić information content (AvgIpc) is 3.42. The van der Waals surface area contributed by atoms with Gasteiger partial charge in [-0.05, 0) is 47.5 Å². The van der Waals surface area contributed by atoms with E-state index in [4.69, 9.17) is 23.2 Å². The summed E-state index contributed by atoms with van der Waals surface area (Å²) in [6, 6.07) is 26.4. The molecule has 10 heteroatoms. The second kappa shape index (κ2) is 10.6. The van der Waals surface area contributed by atoms with Gasteiger partial charge in [-0.1, -0.05) is 77.8 Å². The molecule has 0 unspecified atom stereocenters. The normalized spacial score (nSPS) is 14.5. The number of nitrogens with zero attached hydrogens (tertiary/aromatic N) is 2. The number of nitro groups is 1. The number of hydrazine groups is 1. The number of aromatic amines is 1. The van der Waals surface area contributed by atoms with Gasteiger partial charge in [0.1, 0.15) is 0 Å². The molecule has 1 aliphatic rings. The van der Waals surface area contributed by atoms with Gasteiger partial charge in [-0.3, -0.25) is 25.1 Å². The molecule has 1 aromatic heterocycles. The number of hydrogen-bond donors (Lipinski definition) is 2. The Hall–Kier alpha value is -4.92. The Kier molecular flexibility index (Phi) is 6.78. The molecule has 0 radical (unpaired) electrons. The van der Waals surface area contributed by atoms with E-state index in [0.29, 0.717) is 32.7 Å². The number of fused-ring (bicyclic) bond motifs is 1. The molecule has 0 saturated heterocycles. The molecule has 6 rings (SSSR count). The predicted molar refractivity (Wildman–Crippen MR) is 160 cm³/mol. The minimum atomic E-state index is -0.799. The van der Waals surface area contributed by atoms with E-state index in [1.165, 1.54) is 17.1 Å². The molecular formula is C31H20Cl2N4O4. The highest BCUT2D eigenvalue weighted by atomic mass is 35.5. The topological polar surface area (TPSA) is 108 Å². The van der Waals surface area contributed by atoms with E-state index >= 15 is 0 Å². The van der Waals surface area contributed by atoms with Crippen molar-refractivity contribution in [3.8, 4) is 11.1 Å². The number of carbonyl (C=O) groups excluding carboxylic acids is 1. The van der Waals surface area contributed by atoms with E-state index in [0.717, 1.165) is 5.56 Å². The van der Waals surface area contributed by atoms with Gasteiger partial charge in [0, 0.05) is 33.6 Å². The van der Waals surface area contributed by atoms with Gasteiger partial charge in [-0.2, -0.15) is 0 Å². The third kappa shape index (κ3) is 4.84. The summed E-state index contributed by atoms with van der Waals surface area (Å²) in [5.74, 6) is -0.472. The Morgan fingerprint density at radius 3 is 2.39 bits per heavy atom. The molecule has 2 N–H and O–H groups in total. The number of non-ortho nitro benzene ring substituents is 1. The Labute approximate surface area is 243 Å². The molecule has 0 aliphatic carbocycles. The number of H-pyrrole nitrogens is 1. The number of rotatable bonds is 5. The number of benzene rings is 4.